The van der Waals surface area contributed by atoms with Gasteiger partial charge in [0.05, 0.1) is 5.69 Å². The van der Waals surface area contributed by atoms with Gasteiger partial charge >= 0.3 is 0 Å². The van der Waals surface area contributed by atoms with Gasteiger partial charge in [-0.05, 0) is 30.7 Å². The maximum absolute atomic E-state index is 13.0. The average Bonchev–Trinajstić information content (AvgIpc) is 2.40. The Morgan fingerprint density at radius 1 is 1.20 bits per heavy atom. The minimum absolute atomic E-state index is 0.343. The van der Waals surface area contributed by atoms with E-state index in [9.17, 15) is 4.39 Å². The molecule has 2 rings (SSSR count). The van der Waals surface area contributed by atoms with Crippen LogP contribution in [0.5, 0.6) is 11.6 Å². The molecule has 0 bridgehead atoms. The van der Waals surface area contributed by atoms with Gasteiger partial charge < -0.3 is 10.1 Å². The maximum Gasteiger partial charge on any atom is 0.238 e. The molecule has 0 aliphatic carbocycles. The number of ether oxygens (including phenoxy) is 1. The standard InChI is InChI=1S/C15H18FN3O/c1-11(2)9-17-10-13-6-7-15(19-18-13)20-14-5-3-4-12(16)8-14/h3-8,11,17H,9-10H2,1-2H3. The van der Waals surface area contributed by atoms with E-state index < -0.39 is 0 Å². The number of hydrogen-bond acceptors (Lipinski definition) is 4. The van der Waals surface area contributed by atoms with E-state index in [-0.39, 0.29) is 5.82 Å². The van der Waals surface area contributed by atoms with Crippen molar-refractivity contribution in [3.63, 3.8) is 0 Å². The Labute approximate surface area is 118 Å². The SMILES string of the molecule is CC(C)CNCc1ccc(Oc2cccc(F)c2)nn1. The Morgan fingerprint density at radius 3 is 2.70 bits per heavy atom. The van der Waals surface area contributed by atoms with Crippen LogP contribution < -0.4 is 10.1 Å². The fraction of sp³-hybridized carbons (Fsp3) is 0.333. The smallest absolute Gasteiger partial charge is 0.238 e. The lowest BCUT2D eigenvalue weighted by Gasteiger charge is -2.07. The summed E-state index contributed by atoms with van der Waals surface area (Å²) in [6.45, 7) is 5.90. The van der Waals surface area contributed by atoms with Crippen molar-refractivity contribution in [1.29, 1.82) is 0 Å². The van der Waals surface area contributed by atoms with E-state index in [0.717, 1.165) is 12.2 Å². The topological polar surface area (TPSA) is 47.0 Å². The summed E-state index contributed by atoms with van der Waals surface area (Å²) in [6.07, 6.45) is 0. The van der Waals surface area contributed by atoms with Crippen molar-refractivity contribution in [2.75, 3.05) is 6.54 Å². The number of hydrogen-bond donors (Lipinski definition) is 1. The van der Waals surface area contributed by atoms with E-state index in [1.165, 1.54) is 12.1 Å². The lowest BCUT2D eigenvalue weighted by molar-refractivity contribution is 0.448. The van der Waals surface area contributed by atoms with Gasteiger partial charge in [-0.25, -0.2) is 4.39 Å². The molecule has 5 heteroatoms. The fourth-order valence-electron chi connectivity index (χ4n) is 1.64. The van der Waals surface area contributed by atoms with Crippen LogP contribution in [0.3, 0.4) is 0 Å². The van der Waals surface area contributed by atoms with E-state index in [0.29, 0.717) is 24.1 Å². The zero-order valence-corrected chi connectivity index (χ0v) is 11.6. The highest BCUT2D eigenvalue weighted by atomic mass is 19.1. The van der Waals surface area contributed by atoms with Crippen LogP contribution in [0.25, 0.3) is 0 Å². The second-order valence-corrected chi connectivity index (χ2v) is 4.95. The normalized spacial score (nSPS) is 10.8. The summed E-state index contributed by atoms with van der Waals surface area (Å²) in [4.78, 5) is 0. The Hall–Kier alpha value is -2.01. The van der Waals surface area contributed by atoms with Crippen molar-refractivity contribution in [3.8, 4) is 11.6 Å². The molecule has 0 atom stereocenters. The zero-order chi connectivity index (χ0) is 14.4. The quantitative estimate of drug-likeness (QED) is 0.879. The molecule has 0 aliphatic rings. The highest BCUT2D eigenvalue weighted by Gasteiger charge is 2.02. The van der Waals surface area contributed by atoms with Crippen LogP contribution in [0, 0.1) is 11.7 Å². The molecule has 1 N–H and O–H groups in total. The van der Waals surface area contributed by atoms with Crippen molar-refractivity contribution in [2.45, 2.75) is 20.4 Å². The average molecular weight is 275 g/mol. The molecule has 20 heavy (non-hydrogen) atoms. The second kappa shape index (κ2) is 6.96. The molecule has 0 spiro atoms. The molecular formula is C15H18FN3O. The largest absolute Gasteiger partial charge is 0.437 e. The monoisotopic (exact) mass is 275 g/mol. The molecule has 106 valence electrons. The van der Waals surface area contributed by atoms with Crippen molar-refractivity contribution >= 4 is 0 Å². The molecule has 0 amide bonds. The van der Waals surface area contributed by atoms with Crippen LogP contribution in [0.2, 0.25) is 0 Å². The van der Waals surface area contributed by atoms with Crippen molar-refractivity contribution < 1.29 is 9.13 Å². The summed E-state index contributed by atoms with van der Waals surface area (Å²) in [6, 6.07) is 9.49. The molecule has 1 aromatic heterocycles. The van der Waals surface area contributed by atoms with Crippen LogP contribution in [-0.2, 0) is 6.54 Å². The summed E-state index contributed by atoms with van der Waals surface area (Å²) in [5, 5.41) is 11.3. The molecule has 0 radical (unpaired) electrons. The number of aromatic nitrogens is 2. The number of halogens is 1. The summed E-state index contributed by atoms with van der Waals surface area (Å²) in [5.41, 5.74) is 0.845. The van der Waals surface area contributed by atoms with E-state index >= 15 is 0 Å². The lowest BCUT2D eigenvalue weighted by atomic mass is 10.2. The third-order valence-electron chi connectivity index (χ3n) is 2.57. The molecule has 2 aromatic rings. The van der Waals surface area contributed by atoms with Crippen LogP contribution in [0.4, 0.5) is 4.39 Å². The Balaban J connectivity index is 1.91. The van der Waals surface area contributed by atoms with E-state index in [4.69, 9.17) is 4.74 Å². The van der Waals surface area contributed by atoms with Crippen molar-refractivity contribution in [1.82, 2.24) is 15.5 Å². The van der Waals surface area contributed by atoms with Crippen molar-refractivity contribution in [2.24, 2.45) is 5.92 Å². The predicted molar refractivity (Wildman–Crippen MR) is 75.1 cm³/mol. The minimum atomic E-state index is -0.343. The first kappa shape index (κ1) is 14.4. The van der Waals surface area contributed by atoms with Crippen LogP contribution in [0.1, 0.15) is 19.5 Å². The summed E-state index contributed by atoms with van der Waals surface area (Å²) >= 11 is 0. The van der Waals surface area contributed by atoms with Crippen molar-refractivity contribution in [3.05, 3.63) is 47.9 Å². The molecule has 0 saturated carbocycles. The zero-order valence-electron chi connectivity index (χ0n) is 11.6. The van der Waals surface area contributed by atoms with Gasteiger partial charge in [0.15, 0.2) is 0 Å². The Kier molecular flexibility index (Phi) is 5.01. The molecule has 0 fully saturated rings. The third kappa shape index (κ3) is 4.59. The van der Waals surface area contributed by atoms with E-state index in [1.807, 2.05) is 6.07 Å². The Morgan fingerprint density at radius 2 is 2.05 bits per heavy atom. The van der Waals surface area contributed by atoms with E-state index in [2.05, 4.69) is 29.4 Å². The van der Waals surface area contributed by atoms with Gasteiger partial charge in [0, 0.05) is 18.7 Å². The van der Waals surface area contributed by atoms with Gasteiger partial charge in [-0.2, -0.15) is 5.10 Å². The second-order valence-electron chi connectivity index (χ2n) is 4.95. The van der Waals surface area contributed by atoms with Gasteiger partial charge in [0.2, 0.25) is 5.88 Å². The van der Waals surface area contributed by atoms with Gasteiger partial charge in [-0.1, -0.05) is 19.9 Å². The first-order chi connectivity index (χ1) is 9.63. The predicted octanol–water partition coefficient (Wildman–Crippen LogP) is 3.15. The van der Waals surface area contributed by atoms with Crippen LogP contribution >= 0.6 is 0 Å². The summed E-state index contributed by atoms with van der Waals surface area (Å²) in [5.74, 6) is 1.01. The maximum atomic E-state index is 13.0. The lowest BCUT2D eigenvalue weighted by Crippen LogP contribution is -2.19. The highest BCUT2D eigenvalue weighted by molar-refractivity contribution is 5.27. The number of nitrogens with zero attached hydrogens (tertiary/aromatic N) is 2. The van der Waals surface area contributed by atoms with E-state index in [1.54, 1.807) is 18.2 Å². The molecule has 4 nitrogen and oxygen atoms in total. The number of rotatable bonds is 6. The van der Waals surface area contributed by atoms with Crippen LogP contribution in [0.15, 0.2) is 36.4 Å². The van der Waals surface area contributed by atoms with Gasteiger partial charge in [-0.15, -0.1) is 5.10 Å². The van der Waals surface area contributed by atoms with Crippen LogP contribution in [-0.4, -0.2) is 16.7 Å². The third-order valence-corrected chi connectivity index (χ3v) is 2.57. The van der Waals surface area contributed by atoms with Gasteiger partial charge in [-0.3, -0.25) is 0 Å². The number of nitrogens with one attached hydrogen (secondary N) is 1. The molecule has 0 saturated heterocycles. The first-order valence-corrected chi connectivity index (χ1v) is 6.60. The van der Waals surface area contributed by atoms with Gasteiger partial charge in [0.1, 0.15) is 11.6 Å². The number of benzene rings is 1. The molecule has 1 aromatic carbocycles. The molecule has 1 heterocycles. The summed E-state index contributed by atoms with van der Waals surface area (Å²) in [7, 11) is 0. The fourth-order valence-corrected chi connectivity index (χ4v) is 1.64. The minimum Gasteiger partial charge on any atom is -0.437 e. The Bertz CT molecular complexity index is 543. The van der Waals surface area contributed by atoms with Gasteiger partial charge in [0.25, 0.3) is 0 Å². The highest BCUT2D eigenvalue weighted by Crippen LogP contribution is 2.19. The first-order valence-electron chi connectivity index (χ1n) is 6.60. The molecule has 0 aliphatic heterocycles. The molecule has 0 unspecified atom stereocenters. The summed E-state index contributed by atoms with van der Waals surface area (Å²) < 4.78 is 18.4. The molecular weight excluding hydrogens is 257 g/mol.